The van der Waals surface area contributed by atoms with E-state index in [1.807, 2.05) is 74.8 Å². The molecule has 8 heteroatoms. The van der Waals surface area contributed by atoms with E-state index in [9.17, 15) is 0 Å². The van der Waals surface area contributed by atoms with Crippen LogP contribution in [0.5, 0.6) is 0 Å². The molecule has 1 atom stereocenters. The lowest BCUT2D eigenvalue weighted by molar-refractivity contribution is 0.305. The molecular weight excluding hydrogens is 418 g/mol. The number of hydrogen-bond acceptors (Lipinski definition) is 6. The van der Waals surface area contributed by atoms with Crippen LogP contribution in [0.25, 0.3) is 17.0 Å². The first-order chi connectivity index (χ1) is 14.5. The molecule has 0 aliphatic carbocycles. The Morgan fingerprint density at radius 3 is 2.50 bits per heavy atom. The second-order valence-electron chi connectivity index (χ2n) is 7.13. The van der Waals surface area contributed by atoms with Crippen molar-refractivity contribution in [3.63, 3.8) is 0 Å². The molecule has 0 saturated heterocycles. The van der Waals surface area contributed by atoms with Gasteiger partial charge in [-0.1, -0.05) is 58.9 Å². The molecule has 0 aliphatic heterocycles. The van der Waals surface area contributed by atoms with Gasteiger partial charge < -0.3 is 4.52 Å². The average Bonchev–Trinajstić information content (AvgIpc) is 3.40. The zero-order valence-corrected chi connectivity index (χ0v) is 18.6. The fourth-order valence-corrected chi connectivity index (χ4v) is 3.93. The summed E-state index contributed by atoms with van der Waals surface area (Å²) in [5.74, 6) is 2.25. The summed E-state index contributed by atoms with van der Waals surface area (Å²) in [6.45, 7) is 2.11. The highest BCUT2D eigenvalue weighted by Crippen LogP contribution is 2.30. The van der Waals surface area contributed by atoms with Crippen LogP contribution in [0, 0.1) is 0 Å². The average molecular weight is 440 g/mol. The van der Waals surface area contributed by atoms with Crippen molar-refractivity contribution in [1.29, 1.82) is 0 Å². The van der Waals surface area contributed by atoms with Crippen molar-refractivity contribution in [3.8, 4) is 17.0 Å². The number of aromatic nitrogens is 4. The number of nitrogens with zero attached hydrogens (tertiary/aromatic N) is 5. The molecule has 0 amide bonds. The van der Waals surface area contributed by atoms with Crippen molar-refractivity contribution >= 4 is 23.4 Å². The number of benzene rings is 2. The van der Waals surface area contributed by atoms with Gasteiger partial charge in [-0.3, -0.25) is 9.47 Å². The fourth-order valence-electron chi connectivity index (χ4n) is 2.97. The standard InChI is InChI=1S/C22H22ClN5OS/c1-15(27(2)3)21-24-25-22(28(21)19-11-9-17(23)10-12-19)30-14-18-13-20(29-26-18)16-7-5-4-6-8-16/h4-13,15H,14H2,1-3H3. The van der Waals surface area contributed by atoms with Gasteiger partial charge in [0.25, 0.3) is 0 Å². The summed E-state index contributed by atoms with van der Waals surface area (Å²) in [5.41, 5.74) is 2.83. The molecule has 0 fully saturated rings. The van der Waals surface area contributed by atoms with Crippen LogP contribution >= 0.6 is 23.4 Å². The molecule has 0 N–H and O–H groups in total. The first-order valence-electron chi connectivity index (χ1n) is 9.54. The van der Waals surface area contributed by atoms with Gasteiger partial charge in [0, 0.05) is 28.1 Å². The minimum Gasteiger partial charge on any atom is -0.356 e. The molecule has 0 spiro atoms. The molecule has 4 aromatic rings. The zero-order chi connectivity index (χ0) is 21.1. The van der Waals surface area contributed by atoms with Crippen LogP contribution in [0.4, 0.5) is 0 Å². The van der Waals surface area contributed by atoms with Gasteiger partial charge in [-0.25, -0.2) is 0 Å². The second-order valence-corrected chi connectivity index (χ2v) is 8.51. The SMILES string of the molecule is CC(c1nnc(SCc2cc(-c3ccccc3)on2)n1-c1ccc(Cl)cc1)N(C)C. The summed E-state index contributed by atoms with van der Waals surface area (Å²) in [4.78, 5) is 2.11. The molecule has 30 heavy (non-hydrogen) atoms. The molecule has 2 heterocycles. The highest BCUT2D eigenvalue weighted by atomic mass is 35.5. The molecule has 2 aromatic carbocycles. The third kappa shape index (κ3) is 4.43. The molecule has 6 nitrogen and oxygen atoms in total. The van der Waals surface area contributed by atoms with Gasteiger partial charge in [0.2, 0.25) is 0 Å². The van der Waals surface area contributed by atoms with E-state index in [1.165, 1.54) is 0 Å². The van der Waals surface area contributed by atoms with Crippen LogP contribution in [0.15, 0.2) is 70.3 Å². The normalized spacial score (nSPS) is 12.4. The number of rotatable bonds is 7. The maximum Gasteiger partial charge on any atom is 0.196 e. The summed E-state index contributed by atoms with van der Waals surface area (Å²) >= 11 is 7.66. The smallest absolute Gasteiger partial charge is 0.196 e. The predicted molar refractivity (Wildman–Crippen MR) is 120 cm³/mol. The van der Waals surface area contributed by atoms with E-state index in [0.29, 0.717) is 10.8 Å². The van der Waals surface area contributed by atoms with Gasteiger partial charge in [0.15, 0.2) is 16.7 Å². The van der Waals surface area contributed by atoms with Crippen LogP contribution in [0.3, 0.4) is 0 Å². The molecule has 0 aliphatic rings. The van der Waals surface area contributed by atoms with Crippen molar-refractivity contribution in [1.82, 2.24) is 24.8 Å². The van der Waals surface area contributed by atoms with Gasteiger partial charge in [-0.15, -0.1) is 10.2 Å². The largest absolute Gasteiger partial charge is 0.356 e. The molecule has 0 saturated carbocycles. The van der Waals surface area contributed by atoms with Crippen LogP contribution in [0.2, 0.25) is 5.02 Å². The summed E-state index contributed by atoms with van der Waals surface area (Å²) in [6.07, 6.45) is 0. The maximum absolute atomic E-state index is 6.09. The van der Waals surface area contributed by atoms with E-state index in [1.54, 1.807) is 11.8 Å². The first kappa shape index (κ1) is 20.7. The van der Waals surface area contributed by atoms with Crippen molar-refractivity contribution < 1.29 is 4.52 Å². The third-order valence-electron chi connectivity index (χ3n) is 4.86. The van der Waals surface area contributed by atoms with Crippen LogP contribution in [-0.4, -0.2) is 38.9 Å². The Hall–Kier alpha value is -2.61. The van der Waals surface area contributed by atoms with E-state index >= 15 is 0 Å². The van der Waals surface area contributed by atoms with Crippen molar-refractivity contribution in [2.45, 2.75) is 23.9 Å². The van der Waals surface area contributed by atoms with Crippen molar-refractivity contribution in [2.75, 3.05) is 14.1 Å². The van der Waals surface area contributed by atoms with Crippen molar-refractivity contribution in [2.24, 2.45) is 0 Å². The van der Waals surface area contributed by atoms with E-state index in [-0.39, 0.29) is 6.04 Å². The summed E-state index contributed by atoms with van der Waals surface area (Å²) in [6, 6.07) is 19.7. The van der Waals surface area contributed by atoms with Gasteiger partial charge in [0.05, 0.1) is 11.7 Å². The van der Waals surface area contributed by atoms with E-state index in [0.717, 1.165) is 33.7 Å². The second kappa shape index (κ2) is 9.04. The topological polar surface area (TPSA) is 60.0 Å². The van der Waals surface area contributed by atoms with E-state index in [2.05, 4.69) is 31.7 Å². The van der Waals surface area contributed by atoms with Gasteiger partial charge in [-0.2, -0.15) is 0 Å². The highest BCUT2D eigenvalue weighted by Gasteiger charge is 2.21. The number of hydrogen-bond donors (Lipinski definition) is 0. The maximum atomic E-state index is 6.09. The Labute approximate surface area is 184 Å². The monoisotopic (exact) mass is 439 g/mol. The molecule has 154 valence electrons. The quantitative estimate of drug-likeness (QED) is 0.355. The molecule has 2 aromatic heterocycles. The molecule has 1 unspecified atom stereocenters. The van der Waals surface area contributed by atoms with Gasteiger partial charge in [-0.05, 0) is 45.3 Å². The Bertz CT molecular complexity index is 1110. The lowest BCUT2D eigenvalue weighted by atomic mass is 10.2. The van der Waals surface area contributed by atoms with Crippen LogP contribution in [-0.2, 0) is 5.75 Å². The Balaban J connectivity index is 1.60. The first-order valence-corrected chi connectivity index (χ1v) is 10.9. The van der Waals surface area contributed by atoms with Gasteiger partial charge in [0.1, 0.15) is 0 Å². The zero-order valence-electron chi connectivity index (χ0n) is 17.0. The lowest BCUT2D eigenvalue weighted by Crippen LogP contribution is -2.20. The minimum atomic E-state index is 0.0965. The highest BCUT2D eigenvalue weighted by molar-refractivity contribution is 7.98. The molecular formula is C22H22ClN5OS. The van der Waals surface area contributed by atoms with Gasteiger partial charge >= 0.3 is 0 Å². The predicted octanol–water partition coefficient (Wildman–Crippen LogP) is 5.49. The fraction of sp³-hybridized carbons (Fsp3) is 0.227. The number of halogens is 1. The molecule has 4 rings (SSSR count). The summed E-state index contributed by atoms with van der Waals surface area (Å²) in [5, 5.41) is 14.6. The summed E-state index contributed by atoms with van der Waals surface area (Å²) in [7, 11) is 4.05. The van der Waals surface area contributed by atoms with Crippen LogP contribution in [0.1, 0.15) is 24.5 Å². The van der Waals surface area contributed by atoms with E-state index in [4.69, 9.17) is 16.1 Å². The Morgan fingerprint density at radius 2 is 1.80 bits per heavy atom. The minimum absolute atomic E-state index is 0.0965. The van der Waals surface area contributed by atoms with Crippen molar-refractivity contribution in [3.05, 3.63) is 77.2 Å². The van der Waals surface area contributed by atoms with E-state index < -0.39 is 0 Å². The van der Waals surface area contributed by atoms with Crippen LogP contribution < -0.4 is 0 Å². The summed E-state index contributed by atoms with van der Waals surface area (Å²) < 4.78 is 7.59. The Kier molecular flexibility index (Phi) is 6.22. The molecule has 0 bridgehead atoms. The Morgan fingerprint density at radius 1 is 1.07 bits per heavy atom. The lowest BCUT2D eigenvalue weighted by Gasteiger charge is -2.20. The third-order valence-corrected chi connectivity index (χ3v) is 6.07. The number of thioether (sulfide) groups is 1. The molecule has 0 radical (unpaired) electrons.